The van der Waals surface area contributed by atoms with Crippen molar-refractivity contribution >= 4 is 21.8 Å². The quantitative estimate of drug-likeness (QED) is 0.848. The Bertz CT molecular complexity index is 461. The fourth-order valence-corrected chi connectivity index (χ4v) is 2.64. The molecule has 1 aliphatic rings. The minimum atomic E-state index is -0.403. The molecule has 0 bridgehead atoms. The lowest BCUT2D eigenvalue weighted by Gasteiger charge is -2.24. The number of carbonyl (C=O) groups is 1. The van der Waals surface area contributed by atoms with Crippen molar-refractivity contribution in [2.45, 2.75) is 25.9 Å². The van der Waals surface area contributed by atoms with Crippen LogP contribution in [-0.2, 0) is 4.74 Å². The van der Waals surface area contributed by atoms with Crippen molar-refractivity contribution in [3.05, 3.63) is 34.1 Å². The molecule has 1 aliphatic heterocycles. The first kappa shape index (κ1) is 14.5. The van der Waals surface area contributed by atoms with Gasteiger partial charge in [0, 0.05) is 24.2 Å². The summed E-state index contributed by atoms with van der Waals surface area (Å²) in [5.41, 5.74) is 0.361. The van der Waals surface area contributed by atoms with Crippen LogP contribution in [0.2, 0.25) is 0 Å². The topological polar surface area (TPSA) is 29.5 Å². The molecule has 1 unspecified atom stereocenters. The predicted molar refractivity (Wildman–Crippen MR) is 74.7 cm³/mol. The van der Waals surface area contributed by atoms with Crippen molar-refractivity contribution in [2.75, 3.05) is 19.7 Å². The van der Waals surface area contributed by atoms with Crippen molar-refractivity contribution in [3.63, 3.8) is 0 Å². The second kappa shape index (κ2) is 6.48. The SMILES string of the molecule is CCN(CC1CCCO1)C(=O)c1cc(F)ccc1Br. The zero-order valence-electron chi connectivity index (χ0n) is 10.9. The molecule has 0 radical (unpaired) electrons. The van der Waals surface area contributed by atoms with E-state index in [0.717, 1.165) is 19.4 Å². The number of amides is 1. The van der Waals surface area contributed by atoms with Gasteiger partial charge in [0.05, 0.1) is 11.7 Å². The van der Waals surface area contributed by atoms with Crippen LogP contribution in [0.25, 0.3) is 0 Å². The molecule has 0 saturated carbocycles. The van der Waals surface area contributed by atoms with Crippen LogP contribution in [-0.4, -0.2) is 36.6 Å². The van der Waals surface area contributed by atoms with E-state index in [1.807, 2.05) is 6.92 Å². The van der Waals surface area contributed by atoms with Crippen LogP contribution < -0.4 is 0 Å². The van der Waals surface area contributed by atoms with Gasteiger partial charge in [-0.2, -0.15) is 0 Å². The second-order valence-electron chi connectivity index (χ2n) is 4.60. The molecule has 0 aliphatic carbocycles. The van der Waals surface area contributed by atoms with Crippen LogP contribution >= 0.6 is 15.9 Å². The fraction of sp³-hybridized carbons (Fsp3) is 0.500. The molecule has 0 spiro atoms. The molecule has 1 aromatic rings. The van der Waals surface area contributed by atoms with Gasteiger partial charge in [-0.05, 0) is 53.9 Å². The van der Waals surface area contributed by atoms with Gasteiger partial charge in [0.15, 0.2) is 0 Å². The van der Waals surface area contributed by atoms with Gasteiger partial charge >= 0.3 is 0 Å². The summed E-state index contributed by atoms with van der Waals surface area (Å²) in [5, 5.41) is 0. The van der Waals surface area contributed by atoms with E-state index in [-0.39, 0.29) is 12.0 Å². The van der Waals surface area contributed by atoms with E-state index in [0.29, 0.717) is 23.1 Å². The Morgan fingerprint density at radius 2 is 2.37 bits per heavy atom. The number of rotatable bonds is 4. The molecule has 1 atom stereocenters. The highest BCUT2D eigenvalue weighted by Crippen LogP contribution is 2.21. The average Bonchev–Trinajstić information content (AvgIpc) is 2.91. The first-order valence-corrected chi connectivity index (χ1v) is 7.27. The lowest BCUT2D eigenvalue weighted by Crippen LogP contribution is -2.37. The summed E-state index contributed by atoms with van der Waals surface area (Å²) < 4.78 is 19.4. The van der Waals surface area contributed by atoms with Gasteiger partial charge in [0.1, 0.15) is 5.82 Å². The Balaban J connectivity index is 2.12. The molecule has 2 rings (SSSR count). The molecular formula is C14H17BrFNO2. The standard InChI is InChI=1S/C14H17BrFNO2/c1-2-17(9-11-4-3-7-19-11)14(18)12-8-10(16)5-6-13(12)15/h5-6,8,11H,2-4,7,9H2,1H3. The maximum Gasteiger partial charge on any atom is 0.255 e. The number of halogens is 2. The highest BCUT2D eigenvalue weighted by molar-refractivity contribution is 9.10. The number of hydrogen-bond donors (Lipinski definition) is 0. The monoisotopic (exact) mass is 329 g/mol. The maximum atomic E-state index is 13.3. The summed E-state index contributed by atoms with van der Waals surface area (Å²) in [6.45, 7) is 3.83. The van der Waals surface area contributed by atoms with E-state index < -0.39 is 5.82 Å². The largest absolute Gasteiger partial charge is 0.376 e. The van der Waals surface area contributed by atoms with Gasteiger partial charge in [0.2, 0.25) is 0 Å². The highest BCUT2D eigenvalue weighted by atomic mass is 79.9. The van der Waals surface area contributed by atoms with E-state index in [4.69, 9.17) is 4.74 Å². The normalized spacial score (nSPS) is 18.6. The zero-order valence-corrected chi connectivity index (χ0v) is 12.5. The Labute approximate surface area is 120 Å². The maximum absolute atomic E-state index is 13.3. The van der Waals surface area contributed by atoms with Crippen LogP contribution in [0.4, 0.5) is 4.39 Å². The van der Waals surface area contributed by atoms with Crippen molar-refractivity contribution in [1.29, 1.82) is 0 Å². The molecule has 5 heteroatoms. The smallest absolute Gasteiger partial charge is 0.255 e. The van der Waals surface area contributed by atoms with Crippen molar-refractivity contribution in [1.82, 2.24) is 4.90 Å². The molecule has 0 N–H and O–H groups in total. The summed E-state index contributed by atoms with van der Waals surface area (Å²) in [6.07, 6.45) is 2.13. The molecular weight excluding hydrogens is 313 g/mol. The molecule has 1 amide bonds. The average molecular weight is 330 g/mol. The number of benzene rings is 1. The number of hydrogen-bond acceptors (Lipinski definition) is 2. The highest BCUT2D eigenvalue weighted by Gasteiger charge is 2.23. The number of carbonyl (C=O) groups excluding carboxylic acids is 1. The first-order valence-electron chi connectivity index (χ1n) is 6.47. The number of nitrogens with zero attached hydrogens (tertiary/aromatic N) is 1. The third-order valence-electron chi connectivity index (χ3n) is 3.28. The first-order chi connectivity index (χ1) is 9.11. The van der Waals surface area contributed by atoms with Crippen molar-refractivity contribution in [2.24, 2.45) is 0 Å². The van der Waals surface area contributed by atoms with Crippen molar-refractivity contribution < 1.29 is 13.9 Å². The molecule has 19 heavy (non-hydrogen) atoms. The Kier molecular flexibility index (Phi) is 4.93. The van der Waals surface area contributed by atoms with Gasteiger partial charge in [-0.25, -0.2) is 4.39 Å². The number of ether oxygens (including phenoxy) is 1. The van der Waals surface area contributed by atoms with E-state index in [1.165, 1.54) is 12.1 Å². The van der Waals surface area contributed by atoms with Crippen LogP contribution in [0.15, 0.2) is 22.7 Å². The third kappa shape index (κ3) is 3.54. The predicted octanol–water partition coefficient (Wildman–Crippen LogP) is 3.23. The lowest BCUT2D eigenvalue weighted by atomic mass is 10.1. The summed E-state index contributed by atoms with van der Waals surface area (Å²) in [6, 6.07) is 4.16. The minimum Gasteiger partial charge on any atom is -0.376 e. The fourth-order valence-electron chi connectivity index (χ4n) is 2.22. The Morgan fingerprint density at radius 1 is 1.58 bits per heavy atom. The summed E-state index contributed by atoms with van der Waals surface area (Å²) >= 11 is 3.30. The lowest BCUT2D eigenvalue weighted by molar-refractivity contribution is 0.0538. The minimum absolute atomic E-state index is 0.108. The van der Waals surface area contributed by atoms with Crippen LogP contribution in [0.3, 0.4) is 0 Å². The summed E-state index contributed by atoms with van der Waals surface area (Å²) in [5.74, 6) is -0.566. The molecule has 1 saturated heterocycles. The van der Waals surface area contributed by atoms with Gasteiger partial charge in [-0.15, -0.1) is 0 Å². The Hall–Kier alpha value is -0.940. The zero-order chi connectivity index (χ0) is 13.8. The van der Waals surface area contributed by atoms with Crippen LogP contribution in [0.1, 0.15) is 30.1 Å². The van der Waals surface area contributed by atoms with E-state index in [1.54, 1.807) is 11.0 Å². The number of likely N-dealkylation sites (N-methyl/N-ethyl adjacent to an activating group) is 1. The molecule has 1 heterocycles. The molecule has 3 nitrogen and oxygen atoms in total. The molecule has 0 aromatic heterocycles. The van der Waals surface area contributed by atoms with Gasteiger partial charge in [-0.1, -0.05) is 0 Å². The van der Waals surface area contributed by atoms with Crippen LogP contribution in [0.5, 0.6) is 0 Å². The van der Waals surface area contributed by atoms with E-state index in [9.17, 15) is 9.18 Å². The Morgan fingerprint density at radius 3 is 3.00 bits per heavy atom. The van der Waals surface area contributed by atoms with Gasteiger partial charge < -0.3 is 9.64 Å². The molecule has 104 valence electrons. The van der Waals surface area contributed by atoms with Crippen molar-refractivity contribution in [3.8, 4) is 0 Å². The second-order valence-corrected chi connectivity index (χ2v) is 5.46. The van der Waals surface area contributed by atoms with E-state index >= 15 is 0 Å². The third-order valence-corrected chi connectivity index (χ3v) is 3.97. The molecule has 1 fully saturated rings. The molecule has 1 aromatic carbocycles. The van der Waals surface area contributed by atoms with Gasteiger partial charge in [0.25, 0.3) is 5.91 Å². The summed E-state index contributed by atoms with van der Waals surface area (Å²) in [4.78, 5) is 14.1. The van der Waals surface area contributed by atoms with E-state index in [2.05, 4.69) is 15.9 Å². The van der Waals surface area contributed by atoms with Gasteiger partial charge in [-0.3, -0.25) is 4.79 Å². The summed E-state index contributed by atoms with van der Waals surface area (Å²) in [7, 11) is 0. The van der Waals surface area contributed by atoms with Crippen LogP contribution in [0, 0.1) is 5.82 Å².